The molecule has 2 bridgehead atoms. The van der Waals surface area contributed by atoms with Gasteiger partial charge in [-0.15, -0.1) is 0 Å². The molecule has 78 valence electrons. The molecular formula is C10H17N3O. The van der Waals surface area contributed by atoms with Crippen molar-refractivity contribution >= 4 is 11.7 Å². The summed E-state index contributed by atoms with van der Waals surface area (Å²) in [5.74, 6) is 2.29. The van der Waals surface area contributed by atoms with Crippen LogP contribution in [0.1, 0.15) is 32.6 Å². The van der Waals surface area contributed by atoms with Crippen molar-refractivity contribution in [2.75, 3.05) is 0 Å². The van der Waals surface area contributed by atoms with Gasteiger partial charge in [-0.2, -0.15) is 5.10 Å². The summed E-state index contributed by atoms with van der Waals surface area (Å²) >= 11 is 0. The number of hydrazone groups is 1. The Kier molecular flexibility index (Phi) is 2.44. The zero-order valence-corrected chi connectivity index (χ0v) is 8.49. The highest BCUT2D eigenvalue weighted by Gasteiger charge is 2.40. The monoisotopic (exact) mass is 195 g/mol. The van der Waals surface area contributed by atoms with Gasteiger partial charge in [0.2, 0.25) is 0 Å². The minimum absolute atomic E-state index is 0.576. The fourth-order valence-electron chi connectivity index (χ4n) is 2.98. The number of rotatable bonds is 2. The number of hydrogen-bond acceptors (Lipinski definition) is 2. The number of carbonyl (C=O) groups excluding carboxylic acids is 1. The van der Waals surface area contributed by atoms with Crippen molar-refractivity contribution in [2.45, 2.75) is 32.6 Å². The van der Waals surface area contributed by atoms with Gasteiger partial charge in [0.15, 0.2) is 0 Å². The number of nitrogens with two attached hydrogens (primary N) is 1. The van der Waals surface area contributed by atoms with Crippen LogP contribution >= 0.6 is 0 Å². The van der Waals surface area contributed by atoms with E-state index in [2.05, 4.69) is 10.5 Å². The maximum absolute atomic E-state index is 10.5. The van der Waals surface area contributed by atoms with Gasteiger partial charge in [0, 0.05) is 11.6 Å². The lowest BCUT2D eigenvalue weighted by atomic mass is 9.86. The van der Waals surface area contributed by atoms with E-state index in [-0.39, 0.29) is 0 Å². The number of fused-ring (bicyclic) bond motifs is 2. The van der Waals surface area contributed by atoms with E-state index >= 15 is 0 Å². The smallest absolute Gasteiger partial charge is 0.332 e. The number of urea groups is 1. The summed E-state index contributed by atoms with van der Waals surface area (Å²) in [6, 6.07) is -0.576. The number of amides is 2. The van der Waals surface area contributed by atoms with Crippen molar-refractivity contribution in [3.8, 4) is 0 Å². The Hall–Kier alpha value is -1.06. The zero-order chi connectivity index (χ0) is 10.1. The molecule has 4 nitrogen and oxygen atoms in total. The Bertz CT molecular complexity index is 275. The van der Waals surface area contributed by atoms with E-state index in [1.54, 1.807) is 0 Å². The van der Waals surface area contributed by atoms with Crippen LogP contribution in [0, 0.1) is 17.8 Å². The van der Waals surface area contributed by atoms with Crippen LogP contribution in [0.5, 0.6) is 0 Å². The molecule has 0 unspecified atom stereocenters. The van der Waals surface area contributed by atoms with Gasteiger partial charge < -0.3 is 5.73 Å². The molecule has 2 aliphatic carbocycles. The molecule has 0 saturated heterocycles. The van der Waals surface area contributed by atoms with Crippen LogP contribution in [-0.2, 0) is 0 Å². The molecule has 3 atom stereocenters. The second-order valence-corrected chi connectivity index (χ2v) is 4.51. The summed E-state index contributed by atoms with van der Waals surface area (Å²) in [7, 11) is 0. The van der Waals surface area contributed by atoms with Crippen molar-refractivity contribution in [1.29, 1.82) is 0 Å². The minimum atomic E-state index is -0.576. The molecule has 2 amide bonds. The average molecular weight is 195 g/mol. The molecule has 14 heavy (non-hydrogen) atoms. The Labute approximate surface area is 83.9 Å². The summed E-state index contributed by atoms with van der Waals surface area (Å²) in [4.78, 5) is 10.5. The normalized spacial score (nSPS) is 36.1. The molecule has 4 heteroatoms. The van der Waals surface area contributed by atoms with Crippen LogP contribution in [0.3, 0.4) is 0 Å². The van der Waals surface area contributed by atoms with E-state index in [0.717, 1.165) is 17.5 Å². The molecule has 0 radical (unpaired) electrons. The summed E-state index contributed by atoms with van der Waals surface area (Å²) in [5.41, 5.74) is 8.30. The highest BCUT2D eigenvalue weighted by atomic mass is 16.2. The molecule has 2 saturated carbocycles. The molecule has 2 fully saturated rings. The minimum Gasteiger partial charge on any atom is -0.350 e. The lowest BCUT2D eigenvalue weighted by molar-refractivity contribution is 0.249. The van der Waals surface area contributed by atoms with E-state index in [4.69, 9.17) is 5.73 Å². The lowest BCUT2D eigenvalue weighted by Gasteiger charge is -2.20. The SMILES string of the molecule is C/C(=N/NC(N)=O)[C@H]1C[C@@H]2CC[C@@H]1C2. The van der Waals surface area contributed by atoms with Gasteiger partial charge in [0.1, 0.15) is 0 Å². The highest BCUT2D eigenvalue weighted by molar-refractivity contribution is 5.86. The van der Waals surface area contributed by atoms with E-state index in [9.17, 15) is 4.79 Å². The van der Waals surface area contributed by atoms with Crippen LogP contribution in [0.25, 0.3) is 0 Å². The first-order valence-corrected chi connectivity index (χ1v) is 5.26. The second kappa shape index (κ2) is 3.59. The molecule has 0 spiro atoms. The summed E-state index contributed by atoms with van der Waals surface area (Å²) in [6.07, 6.45) is 5.32. The standard InChI is InChI=1S/C10H17N3O/c1-6(12-13-10(11)14)9-5-7-2-3-8(9)4-7/h7-9H,2-5H2,1H3,(H3,11,13,14)/b12-6-/t7-,8-,9-/m1/s1. The summed E-state index contributed by atoms with van der Waals surface area (Å²) in [6.45, 7) is 1.99. The van der Waals surface area contributed by atoms with Gasteiger partial charge in [0.25, 0.3) is 0 Å². The van der Waals surface area contributed by atoms with Gasteiger partial charge in [-0.1, -0.05) is 6.42 Å². The number of nitrogens with zero attached hydrogens (tertiary/aromatic N) is 1. The summed E-state index contributed by atoms with van der Waals surface area (Å²) in [5, 5.41) is 4.02. The molecule has 0 aromatic rings. The van der Waals surface area contributed by atoms with Crippen molar-refractivity contribution < 1.29 is 4.79 Å². The second-order valence-electron chi connectivity index (χ2n) is 4.51. The lowest BCUT2D eigenvalue weighted by Crippen LogP contribution is -2.28. The molecule has 0 aromatic heterocycles. The third-order valence-corrected chi connectivity index (χ3v) is 3.62. The maximum Gasteiger partial charge on any atom is 0.332 e. The molecule has 0 aromatic carbocycles. The quantitative estimate of drug-likeness (QED) is 0.508. The summed E-state index contributed by atoms with van der Waals surface area (Å²) < 4.78 is 0. The largest absolute Gasteiger partial charge is 0.350 e. The number of carbonyl (C=O) groups is 1. The predicted octanol–water partition coefficient (Wildman–Crippen LogP) is 1.47. The van der Waals surface area contributed by atoms with E-state index in [0.29, 0.717) is 5.92 Å². The van der Waals surface area contributed by atoms with Crippen molar-refractivity contribution in [1.82, 2.24) is 5.43 Å². The molecule has 2 rings (SSSR count). The molecule has 0 heterocycles. The van der Waals surface area contributed by atoms with Crippen molar-refractivity contribution in [3.05, 3.63) is 0 Å². The van der Waals surface area contributed by atoms with Gasteiger partial charge in [-0.3, -0.25) is 0 Å². The third kappa shape index (κ3) is 1.74. The van der Waals surface area contributed by atoms with Crippen LogP contribution < -0.4 is 11.2 Å². The topological polar surface area (TPSA) is 67.5 Å². The first-order valence-electron chi connectivity index (χ1n) is 5.26. The van der Waals surface area contributed by atoms with Crippen LogP contribution in [0.15, 0.2) is 5.10 Å². The Balaban J connectivity index is 1.95. The number of hydrogen-bond donors (Lipinski definition) is 2. The van der Waals surface area contributed by atoms with E-state index < -0.39 is 6.03 Å². The Morgan fingerprint density at radius 1 is 1.43 bits per heavy atom. The molecule has 2 aliphatic rings. The molecule has 0 aliphatic heterocycles. The van der Waals surface area contributed by atoms with E-state index in [1.165, 1.54) is 25.7 Å². The third-order valence-electron chi connectivity index (χ3n) is 3.62. The van der Waals surface area contributed by atoms with Gasteiger partial charge >= 0.3 is 6.03 Å². The van der Waals surface area contributed by atoms with Gasteiger partial charge in [-0.05, 0) is 38.0 Å². The predicted molar refractivity (Wildman–Crippen MR) is 54.8 cm³/mol. The highest BCUT2D eigenvalue weighted by Crippen LogP contribution is 2.48. The zero-order valence-electron chi connectivity index (χ0n) is 8.49. The first kappa shape index (κ1) is 9.49. The Morgan fingerprint density at radius 2 is 2.21 bits per heavy atom. The fraction of sp³-hybridized carbons (Fsp3) is 0.800. The van der Waals surface area contributed by atoms with Gasteiger partial charge in [0.05, 0.1) is 0 Å². The maximum atomic E-state index is 10.5. The first-order chi connectivity index (χ1) is 6.66. The van der Waals surface area contributed by atoms with Crippen molar-refractivity contribution in [2.24, 2.45) is 28.6 Å². The van der Waals surface area contributed by atoms with Gasteiger partial charge in [-0.25, -0.2) is 10.2 Å². The van der Waals surface area contributed by atoms with Crippen LogP contribution in [0.2, 0.25) is 0 Å². The van der Waals surface area contributed by atoms with Crippen LogP contribution in [0.4, 0.5) is 4.79 Å². The Morgan fingerprint density at radius 3 is 2.71 bits per heavy atom. The molecular weight excluding hydrogens is 178 g/mol. The fourth-order valence-corrected chi connectivity index (χ4v) is 2.98. The number of nitrogens with one attached hydrogen (secondary N) is 1. The molecule has 3 N–H and O–H groups in total. The van der Waals surface area contributed by atoms with Crippen LogP contribution in [-0.4, -0.2) is 11.7 Å². The average Bonchev–Trinajstić information content (AvgIpc) is 2.74. The van der Waals surface area contributed by atoms with E-state index in [1.807, 2.05) is 6.92 Å². The number of primary amides is 1. The van der Waals surface area contributed by atoms with Crippen molar-refractivity contribution in [3.63, 3.8) is 0 Å².